The van der Waals surface area contributed by atoms with Crippen molar-refractivity contribution in [2.24, 2.45) is 0 Å². The van der Waals surface area contributed by atoms with E-state index < -0.39 is 0 Å². The van der Waals surface area contributed by atoms with E-state index in [1.807, 2.05) is 0 Å². The number of hydrogen-bond acceptors (Lipinski definition) is 2. The number of rotatable bonds is 2. The third kappa shape index (κ3) is 1.09. The molecule has 0 saturated carbocycles. The number of carbonyl (C=O) groups excluding carboxylic acids is 1. The van der Waals surface area contributed by atoms with E-state index in [2.05, 4.69) is 16.1 Å². The number of carbonyl (C=O) groups is 1. The molecule has 2 atom stereocenters. The largest absolute Gasteiger partial charge is 0.302 e. The van der Waals surface area contributed by atoms with Gasteiger partial charge in [0.15, 0.2) is 6.21 Å². The molecule has 1 N–H and O–H groups in total. The molecule has 2 aliphatic heterocycles. The minimum atomic E-state index is 0.211. The molecule has 0 aromatic carbocycles. The van der Waals surface area contributed by atoms with Gasteiger partial charge in [-0.2, -0.15) is 0 Å². The molecule has 0 aromatic heterocycles. The van der Waals surface area contributed by atoms with Gasteiger partial charge in [-0.15, -0.1) is 0 Å². The van der Waals surface area contributed by atoms with Crippen molar-refractivity contribution >= 4 is 12.0 Å². The smallest absolute Gasteiger partial charge is 0.268 e. The van der Waals surface area contributed by atoms with Gasteiger partial charge in [0.05, 0.1) is 6.04 Å². The number of Topliss-reactive ketones (excluding diaryl/α,β-unsaturated/α-hetero) is 1. The summed E-state index contributed by atoms with van der Waals surface area (Å²) < 4.78 is 2.09. The quantitative estimate of drug-likeness (QED) is 0.394. The maximum atomic E-state index is 10.7. The van der Waals surface area contributed by atoms with Crippen molar-refractivity contribution in [1.29, 1.82) is 0 Å². The molecule has 0 bridgehead atoms. The molecule has 0 aliphatic carbocycles. The minimum Gasteiger partial charge on any atom is -0.302 e. The Bertz CT molecular complexity index is 206. The lowest BCUT2D eigenvalue weighted by molar-refractivity contribution is -0.348. The van der Waals surface area contributed by atoms with E-state index in [4.69, 9.17) is 0 Å². The van der Waals surface area contributed by atoms with Crippen LogP contribution in [0.25, 0.3) is 0 Å². The molecule has 2 saturated heterocycles. The zero-order chi connectivity index (χ0) is 7.14. The zero-order valence-corrected chi connectivity index (χ0v) is 6.00. The van der Waals surface area contributed by atoms with E-state index >= 15 is 0 Å². The molecule has 2 heterocycles. The van der Waals surface area contributed by atoms with Gasteiger partial charge in [0.2, 0.25) is 12.3 Å². The fraction of sp³-hybridized carbons (Fsp3) is 0.714. The predicted molar refractivity (Wildman–Crippen MR) is 37.5 cm³/mol. The summed E-state index contributed by atoms with van der Waals surface area (Å²) in [5.74, 6) is 0.289. The van der Waals surface area contributed by atoms with E-state index in [0.717, 1.165) is 13.1 Å². The molecule has 2 fully saturated rings. The van der Waals surface area contributed by atoms with Crippen molar-refractivity contribution < 1.29 is 9.37 Å². The lowest BCUT2D eigenvalue weighted by Gasteiger charge is -1.73. The Morgan fingerprint density at radius 3 is 2.90 bits per heavy atom. The first-order valence-electron chi connectivity index (χ1n) is 3.62. The van der Waals surface area contributed by atoms with Crippen LogP contribution in [0.1, 0.15) is 6.92 Å². The van der Waals surface area contributed by atoms with Crippen molar-refractivity contribution in [2.75, 3.05) is 13.1 Å². The lowest BCUT2D eigenvalue weighted by atomic mass is 10.3. The van der Waals surface area contributed by atoms with Gasteiger partial charge in [-0.05, 0) is 0 Å². The molecule has 0 spiro atoms. The van der Waals surface area contributed by atoms with Crippen LogP contribution in [0.15, 0.2) is 0 Å². The molecule has 54 valence electrons. The maximum absolute atomic E-state index is 10.7. The Morgan fingerprint density at radius 1 is 1.80 bits per heavy atom. The van der Waals surface area contributed by atoms with Crippen LogP contribution in [0.5, 0.6) is 0 Å². The van der Waals surface area contributed by atoms with Gasteiger partial charge in [0.25, 0.3) is 6.04 Å². The topological polar surface area (TPSA) is 42.0 Å². The second-order valence-corrected chi connectivity index (χ2v) is 2.99. The fourth-order valence-electron chi connectivity index (χ4n) is 1.08. The molecule has 3 heteroatoms. The maximum Gasteiger partial charge on any atom is 0.268 e. The molecule has 2 unspecified atom stereocenters. The summed E-state index contributed by atoms with van der Waals surface area (Å²) in [6.07, 6.45) is 2.12. The first-order chi connectivity index (χ1) is 4.77. The average Bonchev–Trinajstić information content (AvgIpc) is 2.63. The van der Waals surface area contributed by atoms with E-state index in [-0.39, 0.29) is 11.8 Å². The Hall–Kier alpha value is -0.700. The number of nitrogens with zero attached hydrogens (tertiary/aromatic N) is 1. The van der Waals surface area contributed by atoms with Crippen molar-refractivity contribution in [3.63, 3.8) is 0 Å². The number of hydrogen-bond donors (Lipinski definition) is 1. The van der Waals surface area contributed by atoms with Gasteiger partial charge in [-0.3, -0.25) is 4.79 Å². The molecular formula is C7H11N2O+. The number of nitrogens with one attached hydrogen (secondary N) is 1. The number of ketones is 1. The summed E-state index contributed by atoms with van der Waals surface area (Å²) in [6.45, 7) is 3.67. The Labute approximate surface area is 59.7 Å². The van der Waals surface area contributed by atoms with Gasteiger partial charge >= 0.3 is 0 Å². The Balaban J connectivity index is 1.93. The highest BCUT2D eigenvalue weighted by atomic mass is 16.1. The highest BCUT2D eigenvalue weighted by Crippen LogP contribution is 2.10. The van der Waals surface area contributed by atoms with Crippen LogP contribution in [0.3, 0.4) is 0 Å². The van der Waals surface area contributed by atoms with Crippen molar-refractivity contribution in [1.82, 2.24) is 5.32 Å². The Kier molecular flexibility index (Phi) is 1.14. The highest BCUT2D eigenvalue weighted by Gasteiger charge is 2.45. The van der Waals surface area contributed by atoms with Crippen LogP contribution >= 0.6 is 0 Å². The second kappa shape index (κ2) is 1.89. The molecule has 0 aromatic rings. The van der Waals surface area contributed by atoms with Crippen molar-refractivity contribution in [2.45, 2.75) is 19.0 Å². The van der Waals surface area contributed by atoms with Crippen LogP contribution in [-0.4, -0.2) is 41.7 Å². The average molecular weight is 139 g/mol. The first-order valence-corrected chi connectivity index (χ1v) is 3.62. The van der Waals surface area contributed by atoms with Gasteiger partial charge in [-0.25, -0.2) is 4.58 Å². The molecule has 3 nitrogen and oxygen atoms in total. The summed E-state index contributed by atoms with van der Waals surface area (Å²) in [6, 6.07) is 0.770. The normalized spacial score (nSPS) is 39.9. The van der Waals surface area contributed by atoms with E-state index in [9.17, 15) is 4.79 Å². The molecule has 0 amide bonds. The van der Waals surface area contributed by atoms with Gasteiger partial charge in [0, 0.05) is 13.5 Å². The zero-order valence-electron chi connectivity index (χ0n) is 6.00. The van der Waals surface area contributed by atoms with E-state index in [1.165, 1.54) is 0 Å². The summed E-state index contributed by atoms with van der Waals surface area (Å²) in [5, 5.41) is 3.16. The summed E-state index contributed by atoms with van der Waals surface area (Å²) in [4.78, 5) is 10.7. The molecule has 10 heavy (non-hydrogen) atoms. The predicted octanol–water partition coefficient (Wildman–Crippen LogP) is -0.987. The summed E-state index contributed by atoms with van der Waals surface area (Å²) in [5.41, 5.74) is 0. The van der Waals surface area contributed by atoms with Gasteiger partial charge in [-0.1, -0.05) is 0 Å². The minimum absolute atomic E-state index is 0.211. The van der Waals surface area contributed by atoms with Crippen LogP contribution in [0, 0.1) is 0 Å². The van der Waals surface area contributed by atoms with Gasteiger partial charge < -0.3 is 5.32 Å². The molecule has 2 rings (SSSR count). The monoisotopic (exact) mass is 139 g/mol. The summed E-state index contributed by atoms with van der Waals surface area (Å²) in [7, 11) is 0. The summed E-state index contributed by atoms with van der Waals surface area (Å²) >= 11 is 0. The standard InChI is InChI=1S/C7H11N2O/c1-5(10)7-4-9(7)3-6-2-8-6/h3,6-8H,2,4H2,1H3/q+1. The molecule has 2 aliphatic rings. The van der Waals surface area contributed by atoms with Crippen molar-refractivity contribution in [3.8, 4) is 0 Å². The third-order valence-corrected chi connectivity index (χ3v) is 1.93. The van der Waals surface area contributed by atoms with E-state index in [1.54, 1.807) is 6.92 Å². The Morgan fingerprint density at radius 2 is 2.50 bits per heavy atom. The second-order valence-electron chi connectivity index (χ2n) is 2.99. The van der Waals surface area contributed by atoms with Gasteiger partial charge in [0.1, 0.15) is 0 Å². The first kappa shape index (κ1) is 6.04. The third-order valence-electron chi connectivity index (χ3n) is 1.93. The fourth-order valence-corrected chi connectivity index (χ4v) is 1.08. The van der Waals surface area contributed by atoms with E-state index in [0.29, 0.717) is 6.04 Å². The van der Waals surface area contributed by atoms with Crippen LogP contribution < -0.4 is 5.32 Å². The lowest BCUT2D eigenvalue weighted by Crippen LogP contribution is -2.06. The van der Waals surface area contributed by atoms with Crippen LogP contribution in [0.2, 0.25) is 0 Å². The van der Waals surface area contributed by atoms with Crippen LogP contribution in [-0.2, 0) is 4.79 Å². The highest BCUT2D eigenvalue weighted by molar-refractivity contribution is 5.83. The molecular weight excluding hydrogens is 128 g/mol. The molecule has 0 radical (unpaired) electrons. The SMILES string of the molecule is CC(=O)C1C[N+]1=CC1CN1. The van der Waals surface area contributed by atoms with Crippen LogP contribution in [0.4, 0.5) is 0 Å². The van der Waals surface area contributed by atoms with Crippen molar-refractivity contribution in [3.05, 3.63) is 0 Å².